The van der Waals surface area contributed by atoms with Gasteiger partial charge in [-0.3, -0.25) is 9.55 Å². The number of nitrogens with zero attached hydrogens (tertiary/aromatic N) is 3. The summed E-state index contributed by atoms with van der Waals surface area (Å²) in [5.41, 5.74) is -9.11. The van der Waals surface area contributed by atoms with Gasteiger partial charge in [0.05, 0.1) is 23.7 Å². The number of para-hydroxylation sites is 1. The Morgan fingerprint density at radius 2 is 1.16 bits per heavy atom. The summed E-state index contributed by atoms with van der Waals surface area (Å²) in [7, 11) is 0. The first-order valence-electron chi connectivity index (χ1n) is 36.5. The van der Waals surface area contributed by atoms with Gasteiger partial charge >= 0.3 is 0 Å². The zero-order valence-corrected chi connectivity index (χ0v) is 45.7. The fourth-order valence-corrected chi connectivity index (χ4v) is 9.28. The molecule has 2 heterocycles. The van der Waals surface area contributed by atoms with Crippen LogP contribution in [0.5, 0.6) is 5.75 Å². The van der Waals surface area contributed by atoms with E-state index in [1.54, 1.807) is 87.5 Å². The minimum absolute atomic E-state index is 0. The molecule has 0 atom stereocenters. The molecule has 9 rings (SSSR count). The van der Waals surface area contributed by atoms with Crippen molar-refractivity contribution in [3.05, 3.63) is 191 Å². The third kappa shape index (κ3) is 11.4. The minimum atomic E-state index is -4.24. The molecule has 2 aromatic heterocycles. The molecule has 9 aromatic rings. The van der Waals surface area contributed by atoms with Crippen molar-refractivity contribution in [2.45, 2.75) is 138 Å². The Kier molecular flexibility index (Phi) is 8.57. The summed E-state index contributed by atoms with van der Waals surface area (Å²) in [6, 6.07) is 40.4. The van der Waals surface area contributed by atoms with Crippen LogP contribution in [-0.2, 0) is 49.1 Å². The van der Waals surface area contributed by atoms with Crippen LogP contribution in [0, 0.1) is 18.3 Å². The zero-order chi connectivity index (χ0) is 73.4. The second kappa shape index (κ2) is 20.3. The van der Waals surface area contributed by atoms with Crippen molar-refractivity contribution in [1.82, 2.24) is 14.5 Å². The number of pyridine rings is 1. The van der Waals surface area contributed by atoms with E-state index in [1.165, 1.54) is 22.9 Å². The van der Waals surface area contributed by atoms with Crippen molar-refractivity contribution in [3.63, 3.8) is 0 Å². The van der Waals surface area contributed by atoms with Gasteiger partial charge in [0.2, 0.25) is 0 Å². The molecule has 0 amide bonds. The van der Waals surface area contributed by atoms with Crippen LogP contribution in [-0.4, -0.2) is 19.6 Å². The molecule has 4 nitrogen and oxygen atoms in total. The Morgan fingerprint density at radius 3 is 1.75 bits per heavy atom. The van der Waals surface area contributed by atoms with Crippen molar-refractivity contribution in [3.8, 4) is 78.6 Å². The topological polar surface area (TPSA) is 50.9 Å². The van der Waals surface area contributed by atoms with Crippen molar-refractivity contribution in [1.29, 1.82) is 0 Å². The van der Waals surface area contributed by atoms with E-state index in [0.29, 0.717) is 45.0 Å². The van der Waals surface area contributed by atoms with E-state index in [0.717, 1.165) is 5.56 Å². The molecule has 0 aliphatic rings. The van der Waals surface area contributed by atoms with Gasteiger partial charge in [-0.15, -0.1) is 29.3 Å². The second-order valence-corrected chi connectivity index (χ2v) is 22.2. The van der Waals surface area contributed by atoms with Crippen molar-refractivity contribution < 1.29 is 59.1 Å². The number of fused-ring (bicyclic) bond motifs is 1. The summed E-state index contributed by atoms with van der Waals surface area (Å²) in [4.78, 5) is 10.1. The number of aromatic hydroxyl groups is 1. The molecule has 0 radical (unpaired) electrons. The van der Waals surface area contributed by atoms with Crippen LogP contribution in [0.1, 0.15) is 170 Å². The number of benzene rings is 7. The molecular weight excluding hydrogens is 1090 g/mol. The standard InChI is InChI=1S/C70H76N3O.Pt/c1-44-34-45(43-66(2,3)4)30-31-54(44)48-32-33-71-60(38-48)50-35-49(36-51(37-50)67(5,6)7)55-28-23-29-61-62(55)72-65(58-41-53(69(11,12)13)42-59(64(58)74)70(14,15)16)73(61)63-56(46-24-19-17-20-25-46)39-52(68(8,9)10)40-57(63)47-26-21-18-22-27-47;/h17-34,36-42,74H,43H2,1-16H3;/q-1;/i1D3,11D3,12D3,13D3,14D3,15D3,16D3,31D,43D2;. The fourth-order valence-electron chi connectivity index (χ4n) is 9.28. The number of rotatable bonds is 8. The maximum absolute atomic E-state index is 13.4. The zero-order valence-electron chi connectivity index (χ0n) is 67.5. The Bertz CT molecular complexity index is 4380. The van der Waals surface area contributed by atoms with Crippen molar-refractivity contribution in [2.75, 3.05) is 0 Å². The van der Waals surface area contributed by atoms with Crippen LogP contribution in [0.2, 0.25) is 0 Å². The number of aryl methyl sites for hydroxylation is 1. The third-order valence-electron chi connectivity index (χ3n) is 13.1. The van der Waals surface area contributed by atoms with E-state index in [4.69, 9.17) is 41.5 Å². The average Bonchev–Trinajstić information content (AvgIpc) is 1.10. The maximum Gasteiger partial charge on any atom is 0.148 e. The van der Waals surface area contributed by atoms with Crippen LogP contribution in [0.4, 0.5) is 0 Å². The minimum Gasteiger partial charge on any atom is -0.507 e. The van der Waals surface area contributed by atoms with E-state index in [2.05, 4.69) is 6.07 Å². The molecule has 388 valence electrons. The summed E-state index contributed by atoms with van der Waals surface area (Å²) in [5.74, 6) is -1.95. The Morgan fingerprint density at radius 1 is 0.573 bits per heavy atom. The van der Waals surface area contributed by atoms with Gasteiger partial charge in [0, 0.05) is 81.2 Å². The van der Waals surface area contributed by atoms with Gasteiger partial charge in [0.25, 0.3) is 0 Å². The Labute approximate surface area is 496 Å². The van der Waals surface area contributed by atoms with E-state index in [-0.39, 0.29) is 83.4 Å². The predicted molar refractivity (Wildman–Crippen MR) is 315 cm³/mol. The molecule has 5 heteroatoms. The number of hydrogen-bond donors (Lipinski definition) is 1. The van der Waals surface area contributed by atoms with Crippen LogP contribution in [0.3, 0.4) is 0 Å². The molecule has 0 unspecified atom stereocenters. The third-order valence-corrected chi connectivity index (χ3v) is 13.1. The molecule has 1 N–H and O–H groups in total. The SMILES string of the molecule is [2H]c1cc(C([2H])([2H])C(C)(C)C)cc(C([2H])([2H])[2H])c1-c1ccnc(-c2[c-]c(-c3cccc4c3nc(-c3cc(C(C([2H])([2H])[2H])(C([2H])([2H])[2H])C([2H])([2H])[2H])cc(C(C([2H])([2H])[2H])(C([2H])([2H])[2H])C([2H])([2H])[2H])c3O)n4-c3c(-c4ccccc4)cc(C(C)(C)C)cc3-c3ccccc3)cc(C(C)(C)C)c2)c1.[Pt]. The maximum atomic E-state index is 13.4. The molecule has 7 aromatic carbocycles. The van der Waals surface area contributed by atoms with Gasteiger partial charge in [0.15, 0.2) is 0 Å². The quantitative estimate of drug-likeness (QED) is 0.154. The molecule has 0 bridgehead atoms. The first-order valence-corrected chi connectivity index (χ1v) is 24.5. The number of phenols is 1. The van der Waals surface area contributed by atoms with E-state index in [1.807, 2.05) is 90.1 Å². The second-order valence-electron chi connectivity index (χ2n) is 22.2. The summed E-state index contributed by atoms with van der Waals surface area (Å²) in [6.07, 6.45) is -0.619. The summed E-state index contributed by atoms with van der Waals surface area (Å²) in [6.45, 7) is -11.0. The average molecular weight is 1190 g/mol. The van der Waals surface area contributed by atoms with Gasteiger partial charge in [-0.25, -0.2) is 4.98 Å². The van der Waals surface area contributed by atoms with Crippen molar-refractivity contribution in [2.24, 2.45) is 5.41 Å². The number of imidazole rings is 1. The molecule has 0 aliphatic carbocycles. The number of aromatic nitrogens is 3. The predicted octanol–water partition coefficient (Wildman–Crippen LogP) is 19.0. The molecule has 0 fully saturated rings. The van der Waals surface area contributed by atoms with Gasteiger partial charge in [-0.2, -0.15) is 0 Å². The first-order chi connectivity index (χ1) is 44.6. The fraction of sp³-hybridized carbons (Fsp3) is 0.314. The number of hydrogen-bond acceptors (Lipinski definition) is 3. The summed E-state index contributed by atoms with van der Waals surface area (Å²) < 4.78 is 216. The van der Waals surface area contributed by atoms with Crippen molar-refractivity contribution >= 4 is 11.0 Å². The molecular formula is C70H76N3OPt-. The Hall–Kier alpha value is -6.35. The van der Waals surface area contributed by atoms with Crippen LogP contribution >= 0.6 is 0 Å². The smallest absolute Gasteiger partial charge is 0.148 e. The van der Waals surface area contributed by atoms with Gasteiger partial charge < -0.3 is 5.11 Å². The van der Waals surface area contributed by atoms with Crippen LogP contribution in [0.25, 0.3) is 83.9 Å². The van der Waals surface area contributed by atoms with E-state index >= 15 is 0 Å². The Balaban J connectivity index is 0.0000125. The van der Waals surface area contributed by atoms with Gasteiger partial charge in [-0.05, 0) is 115 Å². The van der Waals surface area contributed by atoms with Crippen LogP contribution in [0.15, 0.2) is 152 Å². The van der Waals surface area contributed by atoms with Gasteiger partial charge in [-0.1, -0.05) is 218 Å². The molecule has 0 spiro atoms. The monoisotopic (exact) mass is 1190 g/mol. The normalized spacial score (nSPS) is 18.6. The van der Waals surface area contributed by atoms with Crippen LogP contribution < -0.4 is 0 Å². The van der Waals surface area contributed by atoms with Gasteiger partial charge in [0.1, 0.15) is 11.6 Å². The molecule has 75 heavy (non-hydrogen) atoms. The first kappa shape index (κ1) is 31.6. The van der Waals surface area contributed by atoms with E-state index in [9.17, 15) is 6.48 Å². The molecule has 0 saturated heterocycles. The number of phenolic OH excluding ortho intramolecular Hbond substituents is 1. The molecule has 0 aliphatic heterocycles. The largest absolute Gasteiger partial charge is 0.507 e. The van der Waals surface area contributed by atoms with E-state index < -0.39 is 110 Å². The molecule has 0 saturated carbocycles. The summed E-state index contributed by atoms with van der Waals surface area (Å²) >= 11 is 0. The summed E-state index contributed by atoms with van der Waals surface area (Å²) in [5, 5.41) is 13.4.